The standard InChI is InChI=1S/C19H25N4O15PS/c1-34-13-15(23-5-3-9(26)21-18(23)31)35-7(6-24)19(13,32)38-39(33,40)37-16(29)12-10(27)11(28)14(36-12)22-4-2-8(25)20-17(22)30/h2-5,7,10-16,24,27-29,32H,6H2,1H3,(H,33,40)(H,20,25,30)(H,21,26,31)/t7-,10+,11-,12+,13+,14-,15-,16?,19-,39?/m1/s1. The van der Waals surface area contributed by atoms with Gasteiger partial charge in [0.25, 0.3) is 11.1 Å². The normalized spacial score (nSPS) is 34.5. The van der Waals surface area contributed by atoms with Crippen LogP contribution in [0.3, 0.4) is 0 Å². The first-order chi connectivity index (χ1) is 18.7. The highest BCUT2D eigenvalue weighted by Gasteiger charge is 2.61. The van der Waals surface area contributed by atoms with Crippen LogP contribution in [0.25, 0.3) is 0 Å². The van der Waals surface area contributed by atoms with Crippen LogP contribution in [-0.4, -0.2) is 106 Å². The van der Waals surface area contributed by atoms with Crippen LogP contribution in [0.2, 0.25) is 0 Å². The summed E-state index contributed by atoms with van der Waals surface area (Å²) in [5, 5.41) is 52.3. The number of rotatable bonds is 9. The topological polar surface area (TPSA) is 277 Å². The van der Waals surface area contributed by atoms with E-state index >= 15 is 0 Å². The van der Waals surface area contributed by atoms with E-state index in [4.69, 9.17) is 35.1 Å². The molecule has 0 bridgehead atoms. The van der Waals surface area contributed by atoms with Crippen molar-refractivity contribution < 1.29 is 53.7 Å². The molecule has 4 rings (SSSR count). The minimum absolute atomic E-state index is 0.722. The maximum Gasteiger partial charge on any atom is 0.330 e. The molecule has 2 unspecified atom stereocenters. The molecule has 0 radical (unpaired) electrons. The average molecular weight is 612 g/mol. The molecule has 40 heavy (non-hydrogen) atoms. The number of methoxy groups -OCH3 is 1. The van der Waals surface area contributed by atoms with E-state index in [1.807, 2.05) is 9.97 Å². The van der Waals surface area contributed by atoms with Crippen molar-refractivity contribution in [3.63, 3.8) is 0 Å². The Balaban J connectivity index is 1.54. The van der Waals surface area contributed by atoms with Gasteiger partial charge in [-0.05, 0) is 11.8 Å². The Morgan fingerprint density at radius 1 is 1.05 bits per heavy atom. The van der Waals surface area contributed by atoms with E-state index in [1.54, 1.807) is 0 Å². The number of hydrogen-bond donors (Lipinski definition) is 8. The van der Waals surface area contributed by atoms with E-state index in [9.17, 15) is 49.6 Å². The number of aromatic amines is 2. The Kier molecular flexibility index (Phi) is 8.74. The fraction of sp³-hybridized carbons (Fsp3) is 0.579. The molecule has 2 fully saturated rings. The van der Waals surface area contributed by atoms with Crippen LogP contribution < -0.4 is 22.5 Å². The maximum absolute atomic E-state index is 12.3. The molecule has 2 saturated heterocycles. The number of H-pyrrole nitrogens is 2. The summed E-state index contributed by atoms with van der Waals surface area (Å²) in [4.78, 5) is 61.7. The first-order valence-electron chi connectivity index (χ1n) is 11.3. The lowest BCUT2D eigenvalue weighted by molar-refractivity contribution is -0.233. The summed E-state index contributed by atoms with van der Waals surface area (Å²) in [5.74, 6) is -2.81. The monoisotopic (exact) mass is 612 g/mol. The summed E-state index contributed by atoms with van der Waals surface area (Å²) in [5.41, 5.74) is -3.46. The third-order valence-corrected chi connectivity index (χ3v) is 7.65. The highest BCUT2D eigenvalue weighted by molar-refractivity contribution is 8.07. The van der Waals surface area contributed by atoms with Gasteiger partial charge >= 0.3 is 18.1 Å². The third-order valence-electron chi connectivity index (χ3n) is 6.16. The quantitative estimate of drug-likeness (QED) is 0.0971. The highest BCUT2D eigenvalue weighted by atomic mass is 32.5. The van der Waals surface area contributed by atoms with Gasteiger partial charge in [-0.25, -0.2) is 9.59 Å². The predicted molar refractivity (Wildman–Crippen MR) is 130 cm³/mol. The van der Waals surface area contributed by atoms with Gasteiger partial charge in [0.05, 0.1) is 6.61 Å². The van der Waals surface area contributed by atoms with Crippen molar-refractivity contribution in [2.75, 3.05) is 13.7 Å². The number of aliphatic hydroxyl groups excluding tert-OH is 4. The SMILES string of the molecule is CO[C@H]1[C@H](n2ccc(=O)[nH]c2=O)O[C@H](CO)[C@@]1(O)OP(O)(=S)OC(O)[C@H]1O[C@@H](n2ccc(=O)[nH]c2=O)[C@H](O)[C@@H]1O. The van der Waals surface area contributed by atoms with Gasteiger partial charge in [-0.3, -0.25) is 37.7 Å². The predicted octanol–water partition coefficient (Wildman–Crippen LogP) is -5.13. The highest BCUT2D eigenvalue weighted by Crippen LogP contribution is 2.54. The molecule has 0 aliphatic carbocycles. The maximum atomic E-state index is 12.3. The van der Waals surface area contributed by atoms with Crippen molar-refractivity contribution in [1.29, 1.82) is 0 Å². The van der Waals surface area contributed by atoms with Crippen LogP contribution in [0, 0.1) is 0 Å². The van der Waals surface area contributed by atoms with Crippen molar-refractivity contribution in [1.82, 2.24) is 19.1 Å². The average Bonchev–Trinajstić information content (AvgIpc) is 3.30. The van der Waals surface area contributed by atoms with E-state index in [1.165, 1.54) is 0 Å². The Labute approximate surface area is 226 Å². The molecular weight excluding hydrogens is 587 g/mol. The van der Waals surface area contributed by atoms with E-state index in [0.717, 1.165) is 40.8 Å². The second-order valence-corrected chi connectivity index (χ2v) is 11.4. The lowest BCUT2D eigenvalue weighted by Crippen LogP contribution is -2.52. The van der Waals surface area contributed by atoms with Gasteiger partial charge in [0.15, 0.2) is 24.8 Å². The zero-order chi connectivity index (χ0) is 29.6. The molecule has 19 nitrogen and oxygen atoms in total. The van der Waals surface area contributed by atoms with Crippen LogP contribution in [-0.2, 0) is 35.1 Å². The van der Waals surface area contributed by atoms with Gasteiger partial charge in [-0.2, -0.15) is 0 Å². The van der Waals surface area contributed by atoms with Gasteiger partial charge in [0.2, 0.25) is 5.79 Å². The zero-order valence-electron chi connectivity index (χ0n) is 20.2. The van der Waals surface area contributed by atoms with Crippen molar-refractivity contribution in [3.05, 3.63) is 66.2 Å². The smallest absolute Gasteiger partial charge is 0.330 e. The fourth-order valence-corrected chi connectivity index (χ4v) is 5.96. The molecule has 0 spiro atoms. The Bertz CT molecular complexity index is 1510. The molecule has 2 aromatic heterocycles. The number of aliphatic hydroxyl groups is 5. The molecule has 2 aromatic rings. The summed E-state index contributed by atoms with van der Waals surface area (Å²) in [6.07, 6.45) is -12.5. The van der Waals surface area contributed by atoms with Gasteiger partial charge in [-0.15, -0.1) is 0 Å². The first-order valence-corrected chi connectivity index (χ1v) is 13.9. The number of nitrogens with one attached hydrogen (secondary N) is 2. The van der Waals surface area contributed by atoms with Crippen LogP contribution in [0.1, 0.15) is 12.5 Å². The van der Waals surface area contributed by atoms with Crippen molar-refractivity contribution in [2.45, 2.75) is 55.1 Å². The summed E-state index contributed by atoms with van der Waals surface area (Å²) >= 11 is 4.89. The van der Waals surface area contributed by atoms with Gasteiger partial charge in [0, 0.05) is 31.6 Å². The van der Waals surface area contributed by atoms with E-state index in [-0.39, 0.29) is 0 Å². The second-order valence-electron chi connectivity index (χ2n) is 8.67. The molecule has 8 N–H and O–H groups in total. The molecule has 4 heterocycles. The summed E-state index contributed by atoms with van der Waals surface area (Å²) < 4.78 is 27.7. The van der Waals surface area contributed by atoms with E-state index in [0.29, 0.717) is 0 Å². The number of hydrogen-bond acceptors (Lipinski definition) is 15. The first kappa shape index (κ1) is 30.5. The van der Waals surface area contributed by atoms with Gasteiger partial charge < -0.3 is 44.6 Å². The number of nitrogens with zero attached hydrogens (tertiary/aromatic N) is 2. The van der Waals surface area contributed by atoms with Crippen molar-refractivity contribution in [2.24, 2.45) is 0 Å². The lowest BCUT2D eigenvalue weighted by atomic mass is 10.1. The lowest BCUT2D eigenvalue weighted by Gasteiger charge is -2.35. The zero-order valence-corrected chi connectivity index (χ0v) is 22.0. The number of ether oxygens (including phenoxy) is 3. The molecule has 0 saturated carbocycles. The summed E-state index contributed by atoms with van der Waals surface area (Å²) in [6, 6.07) is 1.91. The molecule has 2 aliphatic rings. The fourth-order valence-electron chi connectivity index (χ4n) is 4.32. The van der Waals surface area contributed by atoms with Crippen LogP contribution in [0.5, 0.6) is 0 Å². The van der Waals surface area contributed by atoms with E-state index in [2.05, 4.69) is 0 Å². The van der Waals surface area contributed by atoms with Crippen LogP contribution in [0.4, 0.5) is 0 Å². The van der Waals surface area contributed by atoms with Crippen molar-refractivity contribution >= 4 is 18.5 Å². The van der Waals surface area contributed by atoms with Crippen LogP contribution in [0.15, 0.2) is 43.7 Å². The molecule has 2 aliphatic heterocycles. The molecule has 0 amide bonds. The molecule has 21 heteroatoms. The Morgan fingerprint density at radius 3 is 2.10 bits per heavy atom. The van der Waals surface area contributed by atoms with Crippen LogP contribution >= 0.6 is 6.72 Å². The second kappa shape index (κ2) is 11.4. The molecule has 10 atom stereocenters. The summed E-state index contributed by atoms with van der Waals surface area (Å²) in [6.45, 7) is -5.74. The Hall–Kier alpha value is -2.43. The van der Waals surface area contributed by atoms with Gasteiger partial charge in [-0.1, -0.05) is 0 Å². The number of aromatic nitrogens is 4. The molecular formula is C19H25N4O15PS. The summed E-state index contributed by atoms with van der Waals surface area (Å²) in [7, 11) is 1.06. The van der Waals surface area contributed by atoms with E-state index < -0.39 is 90.9 Å². The van der Waals surface area contributed by atoms with Crippen molar-refractivity contribution in [3.8, 4) is 0 Å². The molecule has 222 valence electrons. The Morgan fingerprint density at radius 2 is 1.60 bits per heavy atom. The largest absolute Gasteiger partial charge is 0.393 e. The third kappa shape index (κ3) is 5.67. The molecule has 0 aromatic carbocycles. The van der Waals surface area contributed by atoms with Gasteiger partial charge in [0.1, 0.15) is 24.4 Å². The minimum atomic E-state index is -4.78. The minimum Gasteiger partial charge on any atom is -0.393 e.